The van der Waals surface area contributed by atoms with Gasteiger partial charge in [0.05, 0.1) is 0 Å². The average molecular weight is 171 g/mol. The molecule has 0 aromatic carbocycles. The summed E-state index contributed by atoms with van der Waals surface area (Å²) in [4.78, 5) is 0. The van der Waals surface area contributed by atoms with E-state index in [1.165, 1.54) is 0 Å². The molecular formula is C4H5LiO2Se. The van der Waals surface area contributed by atoms with E-state index in [-0.39, 0.29) is 0 Å². The molecule has 0 atom stereocenters. The van der Waals surface area contributed by atoms with Gasteiger partial charge in [-0.1, -0.05) is 0 Å². The van der Waals surface area contributed by atoms with Crippen LogP contribution in [0.4, 0.5) is 0 Å². The third kappa shape index (κ3) is 1.76. The topological polar surface area (TPSA) is 18.5 Å². The molecule has 0 N–H and O–H groups in total. The van der Waals surface area contributed by atoms with Crippen LogP contribution in [0.3, 0.4) is 0 Å². The van der Waals surface area contributed by atoms with Crippen LogP contribution < -0.4 is 0 Å². The Labute approximate surface area is 62.3 Å². The molecule has 0 aromatic rings. The fourth-order valence-electron chi connectivity index (χ4n) is 0.458. The number of rotatable bonds is 1. The average Bonchev–Trinajstić information content (AvgIpc) is 1.90. The van der Waals surface area contributed by atoms with Crippen molar-refractivity contribution >= 4 is 28.5 Å². The first-order valence-corrected chi connectivity index (χ1v) is 4.99. The van der Waals surface area contributed by atoms with Crippen LogP contribution in [-0.4, -0.2) is 41.8 Å². The van der Waals surface area contributed by atoms with Crippen molar-refractivity contribution in [1.29, 1.82) is 0 Å². The molecular weight excluding hydrogens is 166 g/mol. The molecule has 1 aliphatic rings. The molecule has 0 bridgehead atoms. The van der Waals surface area contributed by atoms with Gasteiger partial charge in [0.2, 0.25) is 0 Å². The monoisotopic (exact) mass is 172 g/mol. The zero-order chi connectivity index (χ0) is 5.82. The molecule has 0 unspecified atom stereocenters. The molecule has 0 radical (unpaired) electrons. The van der Waals surface area contributed by atoms with E-state index >= 15 is 0 Å². The molecule has 40 valence electrons. The van der Waals surface area contributed by atoms with E-state index in [0.29, 0.717) is 19.4 Å². The second-order valence-electron chi connectivity index (χ2n) is 1.36. The molecule has 4 heteroatoms. The van der Waals surface area contributed by atoms with Gasteiger partial charge in [-0.25, -0.2) is 0 Å². The summed E-state index contributed by atoms with van der Waals surface area (Å²) in [5.74, 6) is 0. The normalized spacial score (nSPS) is 18.5. The van der Waals surface area contributed by atoms with Crippen LogP contribution in [0.2, 0.25) is 0 Å². The third-order valence-corrected chi connectivity index (χ3v) is 2.12. The zero-order valence-corrected chi connectivity index (χ0v) is 6.43. The first-order chi connectivity index (χ1) is 3.93. The molecule has 0 amide bonds. The minimum atomic E-state index is 0.459. The Morgan fingerprint density at radius 2 is 2.50 bits per heavy atom. The van der Waals surface area contributed by atoms with E-state index in [0.717, 1.165) is 11.3 Å². The van der Waals surface area contributed by atoms with Gasteiger partial charge < -0.3 is 0 Å². The number of ether oxygens (including phenoxy) is 2. The molecule has 1 rings (SSSR count). The molecule has 0 fully saturated rings. The standard InChI is InChI=1S/C4H6O2Se.Li/c7-4-3-5-1-2-6-4;/h3,7H,1-2H2;/q;+1/p-1. The molecule has 2 nitrogen and oxygen atoms in total. The Kier molecular flexibility index (Phi) is 2.86. The van der Waals surface area contributed by atoms with Gasteiger partial charge in [-0.15, -0.1) is 0 Å². The van der Waals surface area contributed by atoms with Gasteiger partial charge in [-0.05, 0) is 0 Å². The van der Waals surface area contributed by atoms with Crippen LogP contribution in [0, 0.1) is 0 Å². The Hall–Kier alpha value is 0.457. The summed E-state index contributed by atoms with van der Waals surface area (Å²) < 4.78 is 11.2. The van der Waals surface area contributed by atoms with Gasteiger partial charge in [0.1, 0.15) is 0 Å². The SMILES string of the molecule is [Li][Se]C1=COCCO1. The fourth-order valence-corrected chi connectivity index (χ4v) is 1.23. The van der Waals surface area contributed by atoms with Crippen molar-refractivity contribution in [3.05, 3.63) is 10.9 Å². The van der Waals surface area contributed by atoms with Gasteiger partial charge in [0.15, 0.2) is 0 Å². The van der Waals surface area contributed by atoms with Crippen LogP contribution in [0.5, 0.6) is 0 Å². The Bertz CT molecular complexity index is 104. The van der Waals surface area contributed by atoms with E-state index in [2.05, 4.69) is 15.8 Å². The van der Waals surface area contributed by atoms with Gasteiger partial charge in [-0.3, -0.25) is 0 Å². The van der Waals surface area contributed by atoms with Crippen molar-refractivity contribution in [2.45, 2.75) is 0 Å². The Balaban J connectivity index is 2.37. The van der Waals surface area contributed by atoms with Crippen molar-refractivity contribution in [2.75, 3.05) is 13.2 Å². The van der Waals surface area contributed by atoms with Crippen LogP contribution in [0.15, 0.2) is 10.9 Å². The quantitative estimate of drug-likeness (QED) is 0.500. The Morgan fingerprint density at radius 1 is 1.62 bits per heavy atom. The third-order valence-electron chi connectivity index (χ3n) is 0.826. The van der Waals surface area contributed by atoms with Gasteiger partial charge in [-0.2, -0.15) is 0 Å². The van der Waals surface area contributed by atoms with E-state index in [9.17, 15) is 0 Å². The predicted octanol–water partition coefficient (Wildman–Crippen LogP) is -0.380. The number of hydrogen-bond acceptors (Lipinski definition) is 2. The molecule has 0 aromatic heterocycles. The molecule has 8 heavy (non-hydrogen) atoms. The first kappa shape index (κ1) is 6.58. The summed E-state index contributed by atoms with van der Waals surface area (Å²) in [5.41, 5.74) is 0. The van der Waals surface area contributed by atoms with Gasteiger partial charge in [0, 0.05) is 0 Å². The van der Waals surface area contributed by atoms with Crippen molar-refractivity contribution < 1.29 is 9.47 Å². The van der Waals surface area contributed by atoms with Crippen LogP contribution in [0.25, 0.3) is 0 Å². The van der Waals surface area contributed by atoms with E-state index in [1.807, 2.05) is 0 Å². The van der Waals surface area contributed by atoms with Crippen molar-refractivity contribution in [1.82, 2.24) is 0 Å². The second-order valence-corrected chi connectivity index (χ2v) is 3.06. The van der Waals surface area contributed by atoms with Gasteiger partial charge >= 0.3 is 62.2 Å². The predicted molar refractivity (Wildman–Crippen MR) is 31.5 cm³/mol. The van der Waals surface area contributed by atoms with Crippen LogP contribution in [-0.2, 0) is 9.47 Å². The Morgan fingerprint density at radius 3 is 2.88 bits per heavy atom. The summed E-state index contributed by atoms with van der Waals surface area (Å²) in [6.07, 6.45) is 1.71. The fraction of sp³-hybridized carbons (Fsp3) is 0.500. The molecule has 1 aliphatic heterocycles. The van der Waals surface area contributed by atoms with E-state index < -0.39 is 0 Å². The summed E-state index contributed by atoms with van der Waals surface area (Å²) in [5, 5.41) is 0. The molecule has 0 aliphatic carbocycles. The van der Waals surface area contributed by atoms with E-state index in [1.54, 1.807) is 6.26 Å². The minimum absolute atomic E-state index is 0.459. The van der Waals surface area contributed by atoms with Crippen molar-refractivity contribution in [3.8, 4) is 0 Å². The summed E-state index contributed by atoms with van der Waals surface area (Å²) in [7, 11) is 0. The second kappa shape index (κ2) is 3.48. The maximum absolute atomic E-state index is 5.19. The molecule has 0 spiro atoms. The maximum atomic E-state index is 5.19. The number of hydrogen-bond donors (Lipinski definition) is 0. The zero-order valence-electron chi connectivity index (χ0n) is 4.72. The van der Waals surface area contributed by atoms with Crippen molar-refractivity contribution in [3.63, 3.8) is 0 Å². The summed E-state index contributed by atoms with van der Waals surface area (Å²) >= 11 is 2.56. The van der Waals surface area contributed by atoms with Crippen LogP contribution in [0.1, 0.15) is 0 Å². The molecule has 1 heterocycles. The van der Waals surface area contributed by atoms with E-state index in [4.69, 9.17) is 9.47 Å². The van der Waals surface area contributed by atoms with Gasteiger partial charge in [0.25, 0.3) is 0 Å². The first-order valence-electron chi connectivity index (χ1n) is 2.42. The van der Waals surface area contributed by atoms with Crippen LogP contribution >= 0.6 is 0 Å². The van der Waals surface area contributed by atoms with Crippen molar-refractivity contribution in [2.24, 2.45) is 0 Å². The molecule has 0 saturated carbocycles. The molecule has 0 saturated heterocycles. The summed E-state index contributed by atoms with van der Waals surface area (Å²) in [6, 6.07) is 0. The summed E-state index contributed by atoms with van der Waals surface area (Å²) in [6.45, 7) is 1.43.